The van der Waals surface area contributed by atoms with Gasteiger partial charge in [-0.2, -0.15) is 5.10 Å². The van der Waals surface area contributed by atoms with Crippen LogP contribution in [0.15, 0.2) is 77.9 Å². The Kier molecular flexibility index (Phi) is 6.25. The number of hydrazone groups is 1. The van der Waals surface area contributed by atoms with Crippen molar-refractivity contribution in [1.29, 1.82) is 0 Å². The number of carbonyl (C=O) groups is 1. The lowest BCUT2D eigenvalue weighted by atomic mass is 10.2. The number of carbonyl (C=O) groups excluding carboxylic acids is 1. The fourth-order valence-electron chi connectivity index (χ4n) is 2.49. The van der Waals surface area contributed by atoms with Crippen LogP contribution in [0.1, 0.15) is 15.9 Å². The molecule has 0 radical (unpaired) electrons. The molecule has 0 atom stereocenters. The molecular weight excluding hydrogens is 356 g/mol. The first-order chi connectivity index (χ1) is 13.7. The number of nitrogens with zero attached hydrogens (tertiary/aromatic N) is 1. The number of nitrogens with one attached hydrogen (secondary N) is 1. The van der Waals surface area contributed by atoms with Crippen LogP contribution >= 0.6 is 0 Å². The first kappa shape index (κ1) is 19.0. The van der Waals surface area contributed by atoms with Crippen LogP contribution in [0, 0.1) is 0 Å². The highest BCUT2D eigenvalue weighted by atomic mass is 16.5. The number of benzene rings is 3. The molecule has 0 saturated carbocycles. The Bertz CT molecular complexity index is 971. The van der Waals surface area contributed by atoms with Gasteiger partial charge in [0.15, 0.2) is 11.5 Å². The molecule has 0 bridgehead atoms. The standard InChI is InChI=1S/C22H20N2O4/c1-26-20-12-11-17(14-21(20)27-2)22(25)24-23-15-16-7-6-10-19(13-16)28-18-8-4-3-5-9-18/h3-15H,1-2H3,(H,24,25)/b23-15+. The predicted molar refractivity (Wildman–Crippen MR) is 108 cm³/mol. The Morgan fingerprint density at radius 2 is 1.61 bits per heavy atom. The molecule has 6 nitrogen and oxygen atoms in total. The minimum absolute atomic E-state index is 0.353. The summed E-state index contributed by atoms with van der Waals surface area (Å²) in [5.41, 5.74) is 3.70. The molecule has 0 aliphatic heterocycles. The Morgan fingerprint density at radius 3 is 2.36 bits per heavy atom. The van der Waals surface area contributed by atoms with Gasteiger partial charge in [-0.25, -0.2) is 5.43 Å². The van der Waals surface area contributed by atoms with Crippen LogP contribution in [0.5, 0.6) is 23.0 Å². The van der Waals surface area contributed by atoms with Gasteiger partial charge in [0.05, 0.1) is 20.4 Å². The molecule has 1 amide bonds. The average Bonchev–Trinajstić information content (AvgIpc) is 2.74. The summed E-state index contributed by atoms with van der Waals surface area (Å²) in [5, 5.41) is 4.01. The molecule has 1 N–H and O–H groups in total. The quantitative estimate of drug-likeness (QED) is 0.494. The summed E-state index contributed by atoms with van der Waals surface area (Å²) in [7, 11) is 3.06. The predicted octanol–water partition coefficient (Wildman–Crippen LogP) is 4.26. The highest BCUT2D eigenvalue weighted by molar-refractivity contribution is 5.95. The van der Waals surface area contributed by atoms with Crippen LogP contribution in [0.3, 0.4) is 0 Å². The van der Waals surface area contributed by atoms with Gasteiger partial charge in [-0.3, -0.25) is 4.79 Å². The fourth-order valence-corrected chi connectivity index (χ4v) is 2.49. The Balaban J connectivity index is 1.64. The monoisotopic (exact) mass is 376 g/mol. The van der Waals surface area contributed by atoms with E-state index < -0.39 is 0 Å². The van der Waals surface area contributed by atoms with E-state index >= 15 is 0 Å². The normalized spacial score (nSPS) is 10.5. The molecule has 0 saturated heterocycles. The molecule has 28 heavy (non-hydrogen) atoms. The maximum Gasteiger partial charge on any atom is 0.271 e. The molecular formula is C22H20N2O4. The number of rotatable bonds is 7. The first-order valence-corrected chi connectivity index (χ1v) is 8.58. The largest absolute Gasteiger partial charge is 0.493 e. The van der Waals surface area contributed by atoms with Crippen molar-refractivity contribution in [2.24, 2.45) is 5.10 Å². The minimum Gasteiger partial charge on any atom is -0.493 e. The van der Waals surface area contributed by atoms with Crippen molar-refractivity contribution in [3.05, 3.63) is 83.9 Å². The van der Waals surface area contributed by atoms with Crippen LogP contribution in [-0.4, -0.2) is 26.3 Å². The van der Waals surface area contributed by atoms with Crippen LogP contribution in [0.25, 0.3) is 0 Å². The zero-order chi connectivity index (χ0) is 19.8. The van der Waals surface area contributed by atoms with Gasteiger partial charge < -0.3 is 14.2 Å². The number of amides is 1. The second-order valence-corrected chi connectivity index (χ2v) is 5.76. The number of ether oxygens (including phenoxy) is 3. The fraction of sp³-hybridized carbons (Fsp3) is 0.0909. The highest BCUT2D eigenvalue weighted by Gasteiger charge is 2.10. The van der Waals surface area contributed by atoms with Gasteiger partial charge in [0, 0.05) is 5.56 Å². The van der Waals surface area contributed by atoms with Gasteiger partial charge in [-0.15, -0.1) is 0 Å². The van der Waals surface area contributed by atoms with E-state index in [4.69, 9.17) is 14.2 Å². The van der Waals surface area contributed by atoms with E-state index in [0.29, 0.717) is 22.8 Å². The molecule has 142 valence electrons. The zero-order valence-corrected chi connectivity index (χ0v) is 15.6. The third kappa shape index (κ3) is 4.88. The van der Waals surface area contributed by atoms with E-state index in [1.165, 1.54) is 14.2 Å². The van der Waals surface area contributed by atoms with E-state index in [0.717, 1.165) is 11.3 Å². The van der Waals surface area contributed by atoms with Gasteiger partial charge in [-0.1, -0.05) is 30.3 Å². The van der Waals surface area contributed by atoms with Crippen molar-refractivity contribution < 1.29 is 19.0 Å². The lowest BCUT2D eigenvalue weighted by Crippen LogP contribution is -2.17. The lowest BCUT2D eigenvalue weighted by Gasteiger charge is -2.08. The summed E-state index contributed by atoms with van der Waals surface area (Å²) in [6.07, 6.45) is 1.55. The summed E-state index contributed by atoms with van der Waals surface area (Å²) in [6, 6.07) is 21.8. The number of methoxy groups -OCH3 is 2. The molecule has 6 heteroatoms. The number of para-hydroxylation sites is 1. The first-order valence-electron chi connectivity index (χ1n) is 8.58. The second-order valence-electron chi connectivity index (χ2n) is 5.76. The van der Waals surface area contributed by atoms with Crippen molar-refractivity contribution in [2.45, 2.75) is 0 Å². The summed E-state index contributed by atoms with van der Waals surface area (Å²) < 4.78 is 16.2. The summed E-state index contributed by atoms with van der Waals surface area (Å²) >= 11 is 0. The van der Waals surface area contributed by atoms with Gasteiger partial charge in [0.2, 0.25) is 0 Å². The van der Waals surface area contributed by atoms with Crippen molar-refractivity contribution >= 4 is 12.1 Å². The van der Waals surface area contributed by atoms with Crippen LogP contribution < -0.4 is 19.6 Å². The van der Waals surface area contributed by atoms with Crippen LogP contribution in [0.2, 0.25) is 0 Å². The van der Waals surface area contributed by atoms with Crippen molar-refractivity contribution in [2.75, 3.05) is 14.2 Å². The zero-order valence-electron chi connectivity index (χ0n) is 15.6. The van der Waals surface area contributed by atoms with E-state index in [-0.39, 0.29) is 5.91 Å². The smallest absolute Gasteiger partial charge is 0.271 e. The van der Waals surface area contributed by atoms with Crippen LogP contribution in [0.4, 0.5) is 0 Å². The molecule has 0 unspecified atom stereocenters. The molecule has 0 aliphatic rings. The molecule has 0 fully saturated rings. The van der Waals surface area contributed by atoms with Crippen molar-refractivity contribution in [3.63, 3.8) is 0 Å². The molecule has 0 heterocycles. The maximum atomic E-state index is 12.3. The maximum absolute atomic E-state index is 12.3. The summed E-state index contributed by atoms with van der Waals surface area (Å²) in [5.74, 6) is 2.11. The van der Waals surface area contributed by atoms with E-state index in [9.17, 15) is 4.79 Å². The number of hydrogen-bond donors (Lipinski definition) is 1. The van der Waals surface area contributed by atoms with E-state index in [1.54, 1.807) is 24.4 Å². The van der Waals surface area contributed by atoms with Gasteiger partial charge in [-0.05, 0) is 48.0 Å². The van der Waals surface area contributed by atoms with Crippen molar-refractivity contribution in [3.8, 4) is 23.0 Å². The Hall–Kier alpha value is -3.80. The third-order valence-electron chi connectivity index (χ3n) is 3.86. The molecule has 0 aromatic heterocycles. The lowest BCUT2D eigenvalue weighted by molar-refractivity contribution is 0.0954. The minimum atomic E-state index is -0.353. The molecule has 0 spiro atoms. The molecule has 3 aromatic carbocycles. The van der Waals surface area contributed by atoms with Crippen LogP contribution in [-0.2, 0) is 0 Å². The Labute approximate surface area is 163 Å². The van der Waals surface area contributed by atoms with E-state index in [2.05, 4.69) is 10.5 Å². The van der Waals surface area contributed by atoms with Crippen molar-refractivity contribution in [1.82, 2.24) is 5.43 Å². The molecule has 3 aromatic rings. The molecule has 3 rings (SSSR count). The second kappa shape index (κ2) is 9.23. The third-order valence-corrected chi connectivity index (χ3v) is 3.86. The highest BCUT2D eigenvalue weighted by Crippen LogP contribution is 2.27. The van der Waals surface area contributed by atoms with E-state index in [1.807, 2.05) is 54.6 Å². The Morgan fingerprint density at radius 1 is 0.857 bits per heavy atom. The molecule has 0 aliphatic carbocycles. The summed E-state index contributed by atoms with van der Waals surface area (Å²) in [4.78, 5) is 12.3. The van der Waals surface area contributed by atoms with Gasteiger partial charge in [0.1, 0.15) is 11.5 Å². The SMILES string of the molecule is COc1ccc(C(=O)N/N=C/c2cccc(Oc3ccccc3)c2)cc1OC. The summed E-state index contributed by atoms with van der Waals surface area (Å²) in [6.45, 7) is 0. The number of hydrogen-bond acceptors (Lipinski definition) is 5. The van der Waals surface area contributed by atoms with Gasteiger partial charge in [0.25, 0.3) is 5.91 Å². The topological polar surface area (TPSA) is 69.2 Å². The van der Waals surface area contributed by atoms with Gasteiger partial charge >= 0.3 is 0 Å². The average molecular weight is 376 g/mol.